The molecular formula is C12H21N3. The molecule has 0 aliphatic heterocycles. The van der Waals surface area contributed by atoms with Gasteiger partial charge in [-0.15, -0.1) is 0 Å². The second-order valence-corrected chi connectivity index (χ2v) is 4.08. The van der Waals surface area contributed by atoms with Crippen molar-refractivity contribution in [2.75, 3.05) is 46.2 Å². The van der Waals surface area contributed by atoms with E-state index in [-0.39, 0.29) is 0 Å². The number of anilines is 1. The lowest BCUT2D eigenvalue weighted by Crippen LogP contribution is -2.32. The number of nitrogens with zero attached hydrogens (tertiary/aromatic N) is 2. The molecule has 15 heavy (non-hydrogen) atoms. The summed E-state index contributed by atoms with van der Waals surface area (Å²) < 4.78 is 0. The van der Waals surface area contributed by atoms with Crippen molar-refractivity contribution < 1.29 is 0 Å². The number of rotatable bonds is 6. The lowest BCUT2D eigenvalue weighted by Gasteiger charge is -2.20. The summed E-state index contributed by atoms with van der Waals surface area (Å²) in [5, 5.41) is 3.38. The van der Waals surface area contributed by atoms with E-state index in [4.69, 9.17) is 0 Å². The lowest BCUT2D eigenvalue weighted by atomic mass is 10.3. The molecule has 0 amide bonds. The predicted octanol–water partition coefficient (Wildman–Crippen LogP) is 1.55. The Morgan fingerprint density at radius 3 is 2.27 bits per heavy atom. The van der Waals surface area contributed by atoms with E-state index in [1.807, 2.05) is 18.2 Å². The molecule has 0 unspecified atom stereocenters. The Morgan fingerprint density at radius 2 is 1.67 bits per heavy atom. The van der Waals surface area contributed by atoms with Crippen molar-refractivity contribution in [2.45, 2.75) is 0 Å². The summed E-state index contributed by atoms with van der Waals surface area (Å²) in [5.41, 5.74) is 1.18. The van der Waals surface area contributed by atoms with E-state index >= 15 is 0 Å². The van der Waals surface area contributed by atoms with Crippen molar-refractivity contribution in [1.29, 1.82) is 0 Å². The molecule has 0 atom stereocenters. The van der Waals surface area contributed by atoms with Gasteiger partial charge in [0, 0.05) is 18.8 Å². The Morgan fingerprint density at radius 1 is 1.00 bits per heavy atom. The molecule has 0 aromatic heterocycles. The molecule has 0 fully saturated rings. The van der Waals surface area contributed by atoms with Crippen LogP contribution in [0.1, 0.15) is 0 Å². The number of likely N-dealkylation sites (N-methyl/N-ethyl adjacent to an activating group) is 2. The minimum Gasteiger partial charge on any atom is -0.372 e. The molecule has 0 aliphatic carbocycles. The highest BCUT2D eigenvalue weighted by molar-refractivity contribution is 5.42. The third kappa shape index (κ3) is 5.40. The lowest BCUT2D eigenvalue weighted by molar-refractivity contribution is 0.295. The van der Waals surface area contributed by atoms with Crippen LogP contribution in [0.3, 0.4) is 0 Å². The molecule has 0 heterocycles. The molecule has 0 saturated carbocycles. The Balaban J connectivity index is 2.19. The molecule has 3 nitrogen and oxygen atoms in total. The maximum atomic E-state index is 3.38. The smallest absolute Gasteiger partial charge is 0.0676 e. The average molecular weight is 207 g/mol. The van der Waals surface area contributed by atoms with Crippen molar-refractivity contribution in [3.63, 3.8) is 0 Å². The first-order valence-corrected chi connectivity index (χ1v) is 5.30. The van der Waals surface area contributed by atoms with Crippen LogP contribution in [0.5, 0.6) is 0 Å². The van der Waals surface area contributed by atoms with Gasteiger partial charge >= 0.3 is 0 Å². The van der Waals surface area contributed by atoms with E-state index in [0.717, 1.165) is 19.8 Å². The zero-order valence-corrected chi connectivity index (χ0v) is 9.90. The quantitative estimate of drug-likeness (QED) is 0.714. The summed E-state index contributed by atoms with van der Waals surface area (Å²) in [6.45, 7) is 3.05. The van der Waals surface area contributed by atoms with E-state index in [9.17, 15) is 0 Å². The maximum Gasteiger partial charge on any atom is 0.0676 e. The number of hydrogen-bond donors (Lipinski definition) is 1. The summed E-state index contributed by atoms with van der Waals surface area (Å²) in [7, 11) is 6.32. The van der Waals surface area contributed by atoms with Gasteiger partial charge in [0.25, 0.3) is 0 Å². The molecular weight excluding hydrogens is 186 g/mol. The van der Waals surface area contributed by atoms with Crippen LogP contribution >= 0.6 is 0 Å². The summed E-state index contributed by atoms with van der Waals surface area (Å²) in [6, 6.07) is 10.3. The number of nitrogens with one attached hydrogen (secondary N) is 1. The summed E-state index contributed by atoms with van der Waals surface area (Å²) in [6.07, 6.45) is 0. The SMILES string of the molecule is CN(C)CCN(C)CNc1ccccc1. The molecule has 0 aliphatic rings. The zero-order chi connectivity index (χ0) is 11.1. The standard InChI is InChI=1S/C12H21N3/c1-14(2)9-10-15(3)11-13-12-7-5-4-6-8-12/h4-8,13H,9-11H2,1-3H3. The van der Waals surface area contributed by atoms with E-state index in [1.54, 1.807) is 0 Å². The monoisotopic (exact) mass is 207 g/mol. The maximum absolute atomic E-state index is 3.38. The summed E-state index contributed by atoms with van der Waals surface area (Å²) in [5.74, 6) is 0. The zero-order valence-electron chi connectivity index (χ0n) is 9.90. The first kappa shape index (κ1) is 12.0. The van der Waals surface area contributed by atoms with Crippen LogP contribution in [0.2, 0.25) is 0 Å². The normalized spacial score (nSPS) is 11.0. The number of benzene rings is 1. The van der Waals surface area contributed by atoms with E-state index < -0.39 is 0 Å². The molecule has 0 bridgehead atoms. The highest BCUT2D eigenvalue weighted by Gasteiger charge is 1.98. The van der Waals surface area contributed by atoms with Gasteiger partial charge in [-0.05, 0) is 33.3 Å². The van der Waals surface area contributed by atoms with Gasteiger partial charge in [0.15, 0.2) is 0 Å². The summed E-state index contributed by atoms with van der Waals surface area (Å²) in [4.78, 5) is 4.46. The average Bonchev–Trinajstić information content (AvgIpc) is 2.25. The summed E-state index contributed by atoms with van der Waals surface area (Å²) >= 11 is 0. The second-order valence-electron chi connectivity index (χ2n) is 4.08. The fraction of sp³-hybridized carbons (Fsp3) is 0.500. The van der Waals surface area contributed by atoms with Gasteiger partial charge in [0.05, 0.1) is 6.67 Å². The molecule has 1 aromatic carbocycles. The minimum atomic E-state index is 0.887. The van der Waals surface area contributed by atoms with Crippen molar-refractivity contribution in [3.05, 3.63) is 30.3 Å². The Kier molecular flexibility index (Phi) is 5.15. The van der Waals surface area contributed by atoms with Gasteiger partial charge < -0.3 is 10.2 Å². The molecule has 1 rings (SSSR count). The third-order valence-corrected chi connectivity index (χ3v) is 2.26. The van der Waals surface area contributed by atoms with Gasteiger partial charge in [0.2, 0.25) is 0 Å². The molecule has 0 spiro atoms. The fourth-order valence-electron chi connectivity index (χ4n) is 1.23. The van der Waals surface area contributed by atoms with Gasteiger partial charge in [-0.25, -0.2) is 0 Å². The van der Waals surface area contributed by atoms with E-state index in [0.29, 0.717) is 0 Å². The van der Waals surface area contributed by atoms with Crippen LogP contribution in [0.25, 0.3) is 0 Å². The molecule has 3 heteroatoms. The van der Waals surface area contributed by atoms with Crippen molar-refractivity contribution in [3.8, 4) is 0 Å². The van der Waals surface area contributed by atoms with Crippen molar-refractivity contribution >= 4 is 5.69 Å². The highest BCUT2D eigenvalue weighted by Crippen LogP contribution is 2.04. The molecule has 1 N–H and O–H groups in total. The largest absolute Gasteiger partial charge is 0.372 e. The topological polar surface area (TPSA) is 18.5 Å². The van der Waals surface area contributed by atoms with Crippen molar-refractivity contribution in [2.24, 2.45) is 0 Å². The Hall–Kier alpha value is -1.06. The van der Waals surface area contributed by atoms with Crippen LogP contribution in [0.15, 0.2) is 30.3 Å². The third-order valence-electron chi connectivity index (χ3n) is 2.26. The van der Waals surface area contributed by atoms with Crippen LogP contribution in [0.4, 0.5) is 5.69 Å². The molecule has 1 aromatic rings. The molecule has 84 valence electrons. The van der Waals surface area contributed by atoms with Gasteiger partial charge in [-0.3, -0.25) is 4.90 Å². The second kappa shape index (κ2) is 6.43. The Bertz CT molecular complexity index is 259. The molecule has 0 saturated heterocycles. The number of para-hydroxylation sites is 1. The van der Waals surface area contributed by atoms with Crippen LogP contribution in [-0.2, 0) is 0 Å². The first-order valence-electron chi connectivity index (χ1n) is 5.30. The molecule has 0 radical (unpaired) electrons. The van der Waals surface area contributed by atoms with Crippen LogP contribution in [-0.4, -0.2) is 50.7 Å². The van der Waals surface area contributed by atoms with Gasteiger partial charge in [-0.2, -0.15) is 0 Å². The Labute approximate surface area is 92.7 Å². The highest BCUT2D eigenvalue weighted by atomic mass is 15.2. The van der Waals surface area contributed by atoms with E-state index in [2.05, 4.69) is 48.4 Å². The first-order chi connectivity index (χ1) is 7.18. The van der Waals surface area contributed by atoms with Crippen molar-refractivity contribution in [1.82, 2.24) is 9.80 Å². The predicted molar refractivity (Wildman–Crippen MR) is 66.1 cm³/mol. The number of hydrogen-bond acceptors (Lipinski definition) is 3. The van der Waals surface area contributed by atoms with Gasteiger partial charge in [-0.1, -0.05) is 18.2 Å². The van der Waals surface area contributed by atoms with Crippen LogP contribution < -0.4 is 5.32 Å². The fourth-order valence-corrected chi connectivity index (χ4v) is 1.23. The van der Waals surface area contributed by atoms with E-state index in [1.165, 1.54) is 5.69 Å². The minimum absolute atomic E-state index is 0.887. The van der Waals surface area contributed by atoms with Gasteiger partial charge in [0.1, 0.15) is 0 Å². The van der Waals surface area contributed by atoms with Crippen LogP contribution in [0, 0.1) is 0 Å².